The maximum Gasteiger partial charge on any atom is -0.00424 e. The van der Waals surface area contributed by atoms with E-state index in [1.165, 1.54) is 23.1 Å². The van der Waals surface area contributed by atoms with Crippen molar-refractivity contribution in [2.45, 2.75) is 46.5 Å². The van der Waals surface area contributed by atoms with Crippen LogP contribution in [0.1, 0.15) is 57.6 Å². The first kappa shape index (κ1) is 15.0. The average molecular weight is 245 g/mol. The number of nitrogens with two attached hydrogens (primary N) is 1. The lowest BCUT2D eigenvalue weighted by Crippen LogP contribution is -2.00. The summed E-state index contributed by atoms with van der Waals surface area (Å²) in [5.74, 6) is 1.19. The smallest absolute Gasteiger partial charge is 0.00424 e. The van der Waals surface area contributed by atoms with E-state index in [-0.39, 0.29) is 0 Å². The van der Waals surface area contributed by atoms with Crippen molar-refractivity contribution in [1.29, 1.82) is 0 Å². The summed E-state index contributed by atoms with van der Waals surface area (Å²) >= 11 is 0. The van der Waals surface area contributed by atoms with Crippen LogP contribution in [0.3, 0.4) is 0 Å². The lowest BCUT2D eigenvalue weighted by molar-refractivity contribution is 0.733. The zero-order valence-electron chi connectivity index (χ0n) is 12.2. The number of hydrogen-bond donors (Lipinski definition) is 1. The molecule has 0 aliphatic heterocycles. The van der Waals surface area contributed by atoms with E-state index >= 15 is 0 Å². The summed E-state index contributed by atoms with van der Waals surface area (Å²) in [5.41, 5.74) is 9.78. The number of rotatable bonds is 6. The van der Waals surface area contributed by atoms with Gasteiger partial charge >= 0.3 is 0 Å². The molecular weight excluding hydrogens is 218 g/mol. The van der Waals surface area contributed by atoms with Crippen LogP contribution in [0.5, 0.6) is 0 Å². The minimum absolute atomic E-state index is 0.547. The molecule has 1 aromatic rings. The highest BCUT2D eigenvalue weighted by Crippen LogP contribution is 2.26. The summed E-state index contributed by atoms with van der Waals surface area (Å²) in [4.78, 5) is 0. The Hall–Kier alpha value is -1.08. The average Bonchev–Trinajstić information content (AvgIpc) is 2.38. The van der Waals surface area contributed by atoms with E-state index in [0.717, 1.165) is 13.0 Å². The Balaban J connectivity index is 2.94. The van der Waals surface area contributed by atoms with Gasteiger partial charge in [-0.3, -0.25) is 0 Å². The number of benzene rings is 1. The van der Waals surface area contributed by atoms with Gasteiger partial charge in [0.2, 0.25) is 0 Å². The summed E-state index contributed by atoms with van der Waals surface area (Å²) in [7, 11) is 0. The molecule has 1 rings (SSSR count). The minimum atomic E-state index is 0.547. The van der Waals surface area contributed by atoms with Crippen molar-refractivity contribution >= 4 is 5.57 Å². The van der Waals surface area contributed by atoms with Crippen molar-refractivity contribution in [2.75, 3.05) is 6.54 Å². The minimum Gasteiger partial charge on any atom is -0.330 e. The van der Waals surface area contributed by atoms with Gasteiger partial charge in [-0.1, -0.05) is 58.0 Å². The SMILES string of the molecule is CCC(C)c1ccc(/C(=C/CCN)C(C)C)cc1. The maximum atomic E-state index is 5.59. The molecule has 0 aliphatic carbocycles. The monoisotopic (exact) mass is 245 g/mol. The van der Waals surface area contributed by atoms with Gasteiger partial charge in [0, 0.05) is 0 Å². The molecule has 0 aliphatic rings. The Morgan fingerprint density at radius 3 is 2.22 bits per heavy atom. The zero-order chi connectivity index (χ0) is 13.5. The van der Waals surface area contributed by atoms with Crippen LogP contribution in [0.4, 0.5) is 0 Å². The van der Waals surface area contributed by atoms with E-state index in [1.807, 2.05) is 0 Å². The third kappa shape index (κ3) is 3.99. The van der Waals surface area contributed by atoms with Crippen LogP contribution in [0.15, 0.2) is 30.3 Å². The van der Waals surface area contributed by atoms with Gasteiger partial charge in [0.1, 0.15) is 0 Å². The standard InChI is InChI=1S/C17H27N/c1-5-14(4)15-8-10-16(11-9-15)17(13(2)3)7-6-12-18/h7-11,13-14H,5-6,12,18H2,1-4H3/b17-7+. The molecule has 0 heterocycles. The molecule has 18 heavy (non-hydrogen) atoms. The Bertz CT molecular complexity index is 373. The van der Waals surface area contributed by atoms with Crippen molar-refractivity contribution in [3.63, 3.8) is 0 Å². The molecule has 1 atom stereocenters. The summed E-state index contributed by atoms with van der Waals surface area (Å²) in [6.07, 6.45) is 4.43. The normalized spacial score (nSPS) is 14.0. The highest BCUT2D eigenvalue weighted by molar-refractivity contribution is 5.67. The van der Waals surface area contributed by atoms with E-state index in [0.29, 0.717) is 11.8 Å². The lowest BCUT2D eigenvalue weighted by atomic mass is 9.91. The molecule has 0 radical (unpaired) electrons. The number of allylic oxidation sites excluding steroid dienone is 1. The van der Waals surface area contributed by atoms with Crippen LogP contribution < -0.4 is 5.73 Å². The van der Waals surface area contributed by atoms with E-state index < -0.39 is 0 Å². The van der Waals surface area contributed by atoms with Crippen LogP contribution in [-0.4, -0.2) is 6.54 Å². The van der Waals surface area contributed by atoms with Crippen LogP contribution >= 0.6 is 0 Å². The van der Waals surface area contributed by atoms with Crippen LogP contribution in [0.25, 0.3) is 5.57 Å². The van der Waals surface area contributed by atoms with Gasteiger partial charge in [-0.15, -0.1) is 0 Å². The van der Waals surface area contributed by atoms with Gasteiger partial charge in [-0.05, 0) is 47.9 Å². The van der Waals surface area contributed by atoms with E-state index in [2.05, 4.69) is 58.0 Å². The fourth-order valence-corrected chi connectivity index (χ4v) is 2.17. The van der Waals surface area contributed by atoms with Crippen LogP contribution in [0, 0.1) is 5.92 Å². The molecule has 100 valence electrons. The first-order chi connectivity index (χ1) is 8.60. The third-order valence-electron chi connectivity index (χ3n) is 3.58. The van der Waals surface area contributed by atoms with Crippen molar-refractivity contribution in [1.82, 2.24) is 0 Å². The molecule has 0 saturated carbocycles. The van der Waals surface area contributed by atoms with Crippen molar-refractivity contribution in [3.05, 3.63) is 41.5 Å². The zero-order valence-corrected chi connectivity index (χ0v) is 12.2. The molecule has 1 heteroatoms. The predicted octanol–water partition coefficient (Wildman–Crippen LogP) is 4.59. The van der Waals surface area contributed by atoms with Gasteiger partial charge in [0.15, 0.2) is 0 Å². The van der Waals surface area contributed by atoms with Crippen LogP contribution in [-0.2, 0) is 0 Å². The Morgan fingerprint density at radius 2 is 1.78 bits per heavy atom. The highest BCUT2D eigenvalue weighted by atomic mass is 14.5. The molecule has 0 fully saturated rings. The van der Waals surface area contributed by atoms with Crippen molar-refractivity contribution in [2.24, 2.45) is 11.7 Å². The molecule has 1 unspecified atom stereocenters. The first-order valence-electron chi connectivity index (χ1n) is 7.10. The van der Waals surface area contributed by atoms with E-state index in [4.69, 9.17) is 5.73 Å². The molecule has 2 N–H and O–H groups in total. The van der Waals surface area contributed by atoms with E-state index in [9.17, 15) is 0 Å². The summed E-state index contributed by atoms with van der Waals surface area (Å²) < 4.78 is 0. The third-order valence-corrected chi connectivity index (χ3v) is 3.58. The van der Waals surface area contributed by atoms with Gasteiger partial charge in [0.05, 0.1) is 0 Å². The Morgan fingerprint density at radius 1 is 1.17 bits per heavy atom. The summed E-state index contributed by atoms with van der Waals surface area (Å²) in [6, 6.07) is 9.04. The summed E-state index contributed by atoms with van der Waals surface area (Å²) in [6.45, 7) is 9.72. The quantitative estimate of drug-likeness (QED) is 0.779. The van der Waals surface area contributed by atoms with Gasteiger partial charge in [-0.2, -0.15) is 0 Å². The Labute approximate surface area is 112 Å². The lowest BCUT2D eigenvalue weighted by Gasteiger charge is -2.14. The second-order valence-corrected chi connectivity index (χ2v) is 5.32. The molecule has 0 saturated heterocycles. The van der Waals surface area contributed by atoms with Gasteiger partial charge in [-0.25, -0.2) is 0 Å². The molecule has 0 aromatic heterocycles. The highest BCUT2D eigenvalue weighted by Gasteiger charge is 2.07. The van der Waals surface area contributed by atoms with Crippen molar-refractivity contribution in [3.8, 4) is 0 Å². The molecule has 1 aromatic carbocycles. The summed E-state index contributed by atoms with van der Waals surface area (Å²) in [5, 5.41) is 0. The molecule has 0 spiro atoms. The topological polar surface area (TPSA) is 26.0 Å². The van der Waals surface area contributed by atoms with E-state index in [1.54, 1.807) is 0 Å². The predicted molar refractivity (Wildman–Crippen MR) is 81.6 cm³/mol. The van der Waals surface area contributed by atoms with Gasteiger partial charge in [0.25, 0.3) is 0 Å². The largest absolute Gasteiger partial charge is 0.330 e. The molecule has 0 amide bonds. The second kappa shape index (κ2) is 7.38. The molecule has 0 bridgehead atoms. The molecule has 1 nitrogen and oxygen atoms in total. The second-order valence-electron chi connectivity index (χ2n) is 5.32. The van der Waals surface area contributed by atoms with Crippen molar-refractivity contribution < 1.29 is 0 Å². The number of hydrogen-bond acceptors (Lipinski definition) is 1. The Kier molecular flexibility index (Phi) is 6.14. The van der Waals surface area contributed by atoms with Gasteiger partial charge < -0.3 is 5.73 Å². The molecular formula is C17H27N. The van der Waals surface area contributed by atoms with Crippen LogP contribution in [0.2, 0.25) is 0 Å². The maximum absolute atomic E-state index is 5.59. The first-order valence-corrected chi connectivity index (χ1v) is 7.10. The fourth-order valence-electron chi connectivity index (χ4n) is 2.17. The fraction of sp³-hybridized carbons (Fsp3) is 0.529.